The van der Waals surface area contributed by atoms with Crippen LogP contribution in [0.5, 0.6) is 5.75 Å². The number of piperidine rings is 3. The van der Waals surface area contributed by atoms with Gasteiger partial charge >= 0.3 is 12.1 Å². The van der Waals surface area contributed by atoms with Gasteiger partial charge in [-0.05, 0) is 50.6 Å². The van der Waals surface area contributed by atoms with Crippen LogP contribution in [0.4, 0.5) is 4.79 Å². The minimum Gasteiger partial charge on any atom is -0.497 e. The zero-order chi connectivity index (χ0) is 26.6. The van der Waals surface area contributed by atoms with Gasteiger partial charge in [0.05, 0.1) is 20.2 Å². The molecule has 2 aromatic carbocycles. The van der Waals surface area contributed by atoms with Crippen LogP contribution in [0, 0.1) is 5.92 Å². The molecule has 2 aromatic rings. The second-order valence-corrected chi connectivity index (χ2v) is 11.1. The fourth-order valence-electron chi connectivity index (χ4n) is 5.32. The molecular weight excluding hydrogens is 472 g/mol. The molecule has 1 amide bonds. The van der Waals surface area contributed by atoms with E-state index < -0.39 is 23.7 Å². The Morgan fingerprint density at radius 2 is 1.65 bits per heavy atom. The average molecular weight is 510 g/mol. The van der Waals surface area contributed by atoms with Crippen molar-refractivity contribution < 1.29 is 33.1 Å². The van der Waals surface area contributed by atoms with Gasteiger partial charge in [-0.3, -0.25) is 4.79 Å². The third kappa shape index (κ3) is 6.68. The molecule has 37 heavy (non-hydrogen) atoms. The van der Waals surface area contributed by atoms with Crippen LogP contribution in [0.25, 0.3) is 0 Å². The van der Waals surface area contributed by atoms with Crippen molar-refractivity contribution in [1.29, 1.82) is 0 Å². The van der Waals surface area contributed by atoms with Crippen LogP contribution in [-0.2, 0) is 14.3 Å². The Balaban J connectivity index is 1.45. The maximum atomic E-state index is 13.4. The molecule has 1 N–H and O–H groups in total. The van der Waals surface area contributed by atoms with Crippen LogP contribution >= 0.6 is 0 Å². The zero-order valence-electron chi connectivity index (χ0n) is 22.1. The second kappa shape index (κ2) is 10.9. The predicted molar refractivity (Wildman–Crippen MR) is 138 cm³/mol. The first-order chi connectivity index (χ1) is 17.6. The highest BCUT2D eigenvalue weighted by atomic mass is 16.6. The monoisotopic (exact) mass is 509 g/mol. The number of carbonyl (C=O) groups excluding carboxylic acids is 3. The van der Waals surface area contributed by atoms with Gasteiger partial charge < -0.3 is 24.0 Å². The fraction of sp³-hybridized carbons (Fsp3) is 0.483. The number of hydrogen-bond donors (Lipinski definition) is 1. The summed E-state index contributed by atoms with van der Waals surface area (Å²) >= 11 is 0. The van der Waals surface area contributed by atoms with Crippen LogP contribution in [0.15, 0.2) is 54.6 Å². The topological polar surface area (TPSA) is 90.9 Å². The first kappa shape index (κ1) is 26.7. The number of quaternary nitrogens is 1. The molecule has 5 rings (SSSR count). The summed E-state index contributed by atoms with van der Waals surface area (Å²) in [5.41, 5.74) is 0.580. The minimum atomic E-state index is -0.985. The average Bonchev–Trinajstić information content (AvgIpc) is 2.87. The molecule has 0 aliphatic carbocycles. The van der Waals surface area contributed by atoms with E-state index in [0.29, 0.717) is 34.4 Å². The lowest BCUT2D eigenvalue weighted by molar-refractivity contribution is -0.938. The van der Waals surface area contributed by atoms with Gasteiger partial charge in [0.2, 0.25) is 5.78 Å². The summed E-state index contributed by atoms with van der Waals surface area (Å²) in [6, 6.07) is 15.2. The first-order valence-electron chi connectivity index (χ1n) is 12.8. The highest BCUT2D eigenvalue weighted by Crippen LogP contribution is 2.36. The number of carbonyl (C=O) groups is 3. The normalized spacial score (nSPS) is 23.6. The molecule has 8 heteroatoms. The van der Waals surface area contributed by atoms with E-state index in [9.17, 15) is 14.4 Å². The summed E-state index contributed by atoms with van der Waals surface area (Å²) in [5, 5.41) is 2.69. The molecule has 0 saturated carbocycles. The molecule has 0 spiro atoms. The van der Waals surface area contributed by atoms with Crippen LogP contribution in [0.2, 0.25) is 0 Å². The molecule has 3 heterocycles. The van der Waals surface area contributed by atoms with Crippen molar-refractivity contribution in [1.82, 2.24) is 5.32 Å². The van der Waals surface area contributed by atoms with Crippen LogP contribution in [0.3, 0.4) is 0 Å². The molecule has 3 saturated heterocycles. The van der Waals surface area contributed by atoms with E-state index in [1.54, 1.807) is 64.3 Å². The maximum absolute atomic E-state index is 13.4. The molecule has 0 radical (unpaired) electrons. The van der Waals surface area contributed by atoms with Crippen molar-refractivity contribution in [2.45, 2.75) is 51.4 Å². The number of nitrogens with zero attached hydrogens (tertiary/aromatic N) is 1. The van der Waals surface area contributed by atoms with Gasteiger partial charge in [-0.25, -0.2) is 9.59 Å². The maximum Gasteiger partial charge on any atom is 0.408 e. The molecular formula is C29H37N2O6+. The smallest absolute Gasteiger partial charge is 0.408 e. The third-order valence-electron chi connectivity index (χ3n) is 7.23. The number of benzene rings is 2. The fourth-order valence-corrected chi connectivity index (χ4v) is 5.32. The Kier molecular flexibility index (Phi) is 7.87. The Labute approximate surface area is 218 Å². The van der Waals surface area contributed by atoms with Gasteiger partial charge in [-0.15, -0.1) is 0 Å². The molecule has 3 aliphatic heterocycles. The molecule has 3 fully saturated rings. The summed E-state index contributed by atoms with van der Waals surface area (Å²) in [5.74, 6) is 0.512. The van der Waals surface area contributed by atoms with Gasteiger partial charge in [0.1, 0.15) is 24.4 Å². The van der Waals surface area contributed by atoms with Crippen LogP contribution in [-0.4, -0.2) is 67.3 Å². The van der Waals surface area contributed by atoms with Crippen molar-refractivity contribution in [3.05, 3.63) is 65.7 Å². The van der Waals surface area contributed by atoms with Gasteiger partial charge in [0.25, 0.3) is 0 Å². The van der Waals surface area contributed by atoms with Crippen molar-refractivity contribution in [2.24, 2.45) is 5.92 Å². The zero-order valence-corrected chi connectivity index (χ0v) is 22.1. The number of methoxy groups -OCH3 is 1. The number of hydrogen-bond acceptors (Lipinski definition) is 6. The summed E-state index contributed by atoms with van der Waals surface area (Å²) in [4.78, 5) is 39.1. The van der Waals surface area contributed by atoms with E-state index in [2.05, 4.69) is 5.32 Å². The lowest BCUT2D eigenvalue weighted by Gasteiger charge is -2.51. The molecule has 0 aromatic heterocycles. The standard InChI is InChI=1S/C29H36N2O6/c1-29(2,3)37-28(34)30-26(22-8-6-5-7-9-22)27(33)36-25-19-31(16-14-21(25)15-17-31)18-24(32)20-10-12-23(35-4)13-11-20/h5-13,21,25-26H,14-19H2,1-4H3/p+1. The van der Waals surface area contributed by atoms with Crippen molar-refractivity contribution >= 4 is 17.8 Å². The number of ether oxygens (including phenoxy) is 3. The van der Waals surface area contributed by atoms with Crippen molar-refractivity contribution in [3.63, 3.8) is 0 Å². The first-order valence-corrected chi connectivity index (χ1v) is 12.8. The highest BCUT2D eigenvalue weighted by Gasteiger charge is 2.49. The molecule has 198 valence electrons. The predicted octanol–water partition coefficient (Wildman–Crippen LogP) is 4.30. The summed E-state index contributed by atoms with van der Waals surface area (Å²) in [6.07, 6.45) is 0.790. The van der Waals surface area contributed by atoms with Crippen LogP contribution < -0.4 is 10.1 Å². The number of nitrogens with one attached hydrogen (secondary N) is 1. The lowest BCUT2D eigenvalue weighted by atomic mass is 9.82. The number of ketones is 1. The van der Waals surface area contributed by atoms with E-state index in [1.807, 2.05) is 18.2 Å². The minimum absolute atomic E-state index is 0.0711. The molecule has 3 aliphatic rings. The summed E-state index contributed by atoms with van der Waals surface area (Å²) < 4.78 is 17.3. The SMILES string of the molecule is COc1ccc(C(=O)C[N+]23CCC(CC2)C(OC(=O)C(NC(=O)OC(C)(C)C)c2ccccc2)C3)cc1. The Morgan fingerprint density at radius 1 is 1.00 bits per heavy atom. The van der Waals surface area contributed by atoms with E-state index in [1.165, 1.54) is 0 Å². The number of amides is 1. The molecule has 8 nitrogen and oxygen atoms in total. The Bertz CT molecular complexity index is 1100. The van der Waals surface area contributed by atoms with Crippen molar-refractivity contribution in [3.8, 4) is 5.75 Å². The number of alkyl carbamates (subject to hydrolysis) is 1. The summed E-state index contributed by atoms with van der Waals surface area (Å²) in [7, 11) is 1.60. The molecule has 2 atom stereocenters. The van der Waals surface area contributed by atoms with E-state index in [4.69, 9.17) is 14.2 Å². The lowest BCUT2D eigenvalue weighted by Crippen LogP contribution is -2.66. The van der Waals surface area contributed by atoms with Gasteiger partial charge in [-0.2, -0.15) is 0 Å². The summed E-state index contributed by atoms with van der Waals surface area (Å²) in [6.45, 7) is 8.04. The van der Waals surface area contributed by atoms with Gasteiger partial charge in [0, 0.05) is 24.3 Å². The van der Waals surface area contributed by atoms with Gasteiger partial charge in [-0.1, -0.05) is 30.3 Å². The number of rotatable bonds is 8. The highest BCUT2D eigenvalue weighted by molar-refractivity contribution is 5.97. The Morgan fingerprint density at radius 3 is 2.24 bits per heavy atom. The second-order valence-electron chi connectivity index (χ2n) is 11.1. The quantitative estimate of drug-likeness (QED) is 0.324. The number of fused-ring (bicyclic) bond motifs is 3. The van der Waals surface area contributed by atoms with E-state index in [0.717, 1.165) is 25.9 Å². The number of Topliss-reactive ketones (excluding diaryl/α,β-unsaturated/α-hetero) is 1. The number of esters is 1. The third-order valence-corrected chi connectivity index (χ3v) is 7.23. The van der Waals surface area contributed by atoms with Gasteiger partial charge in [0.15, 0.2) is 12.1 Å². The van der Waals surface area contributed by atoms with E-state index >= 15 is 0 Å². The van der Waals surface area contributed by atoms with E-state index in [-0.39, 0.29) is 17.8 Å². The van der Waals surface area contributed by atoms with Crippen molar-refractivity contribution in [2.75, 3.05) is 33.3 Å². The largest absolute Gasteiger partial charge is 0.497 e. The molecule has 2 unspecified atom stereocenters. The van der Waals surface area contributed by atoms with Crippen LogP contribution in [0.1, 0.15) is 55.6 Å². The molecule has 2 bridgehead atoms. The Hall–Kier alpha value is -3.39.